The van der Waals surface area contributed by atoms with Gasteiger partial charge in [0.25, 0.3) is 5.69 Å². The molecule has 0 aliphatic carbocycles. The maximum absolute atomic E-state index is 11.3. The molecule has 2 aromatic carbocycles. The highest BCUT2D eigenvalue weighted by atomic mass is 35.5. The van der Waals surface area contributed by atoms with Crippen LogP contribution in [0.1, 0.15) is 18.0 Å². The van der Waals surface area contributed by atoms with Crippen LogP contribution in [0.5, 0.6) is 0 Å². The maximum atomic E-state index is 11.3. The Labute approximate surface area is 155 Å². The summed E-state index contributed by atoms with van der Waals surface area (Å²) >= 11 is 5.99. The number of rotatable bonds is 7. The third-order valence-corrected chi connectivity index (χ3v) is 4.46. The lowest BCUT2D eigenvalue weighted by Crippen LogP contribution is -2.13. The van der Waals surface area contributed by atoms with Crippen molar-refractivity contribution in [2.24, 2.45) is 0 Å². The molecule has 0 aliphatic heterocycles. The number of non-ortho nitro benzene ring substituents is 1. The molecule has 0 bridgehead atoms. The van der Waals surface area contributed by atoms with E-state index in [2.05, 4.69) is 10.3 Å². The van der Waals surface area contributed by atoms with Crippen LogP contribution in [0.4, 0.5) is 11.4 Å². The second kappa shape index (κ2) is 8.12. The summed E-state index contributed by atoms with van der Waals surface area (Å²) in [5.41, 5.74) is 1.91. The van der Waals surface area contributed by atoms with Gasteiger partial charge < -0.3 is 10.1 Å². The molecule has 0 radical (unpaired) electrons. The van der Waals surface area contributed by atoms with Crippen molar-refractivity contribution in [2.45, 2.75) is 12.5 Å². The molecule has 1 atom stereocenters. The average molecular weight is 372 g/mol. The van der Waals surface area contributed by atoms with E-state index in [-0.39, 0.29) is 11.7 Å². The third-order valence-electron chi connectivity index (χ3n) is 4.20. The summed E-state index contributed by atoms with van der Waals surface area (Å²) in [6.07, 6.45) is 3.89. The van der Waals surface area contributed by atoms with Crippen molar-refractivity contribution in [3.8, 4) is 0 Å². The van der Waals surface area contributed by atoms with Crippen LogP contribution in [0.2, 0.25) is 5.02 Å². The fraction of sp³-hybridized carbons (Fsp3) is 0.211. The Hall–Kier alpha value is -2.70. The van der Waals surface area contributed by atoms with Crippen molar-refractivity contribution >= 4 is 33.7 Å². The zero-order valence-electron chi connectivity index (χ0n) is 14.2. The Morgan fingerprint density at radius 3 is 2.65 bits per heavy atom. The van der Waals surface area contributed by atoms with Crippen molar-refractivity contribution in [1.82, 2.24) is 4.98 Å². The first kappa shape index (κ1) is 18.1. The molecule has 1 unspecified atom stereocenters. The normalized spacial score (nSPS) is 12.1. The number of nitrogens with one attached hydrogen (secondary N) is 1. The van der Waals surface area contributed by atoms with E-state index in [4.69, 9.17) is 16.3 Å². The van der Waals surface area contributed by atoms with Gasteiger partial charge in [0.05, 0.1) is 16.4 Å². The van der Waals surface area contributed by atoms with Crippen LogP contribution in [0.15, 0.2) is 54.9 Å². The predicted octanol–water partition coefficient (Wildman–Crippen LogP) is 4.99. The van der Waals surface area contributed by atoms with Gasteiger partial charge in [-0.2, -0.15) is 0 Å². The van der Waals surface area contributed by atoms with Crippen LogP contribution in [0.3, 0.4) is 0 Å². The first-order chi connectivity index (χ1) is 12.6. The minimum atomic E-state index is -0.393. The van der Waals surface area contributed by atoms with E-state index in [1.54, 1.807) is 25.4 Å². The number of nitrogens with zero attached hydrogens (tertiary/aromatic N) is 2. The Kier molecular flexibility index (Phi) is 5.65. The monoisotopic (exact) mass is 371 g/mol. The van der Waals surface area contributed by atoms with Crippen molar-refractivity contribution in [3.63, 3.8) is 0 Å². The zero-order valence-corrected chi connectivity index (χ0v) is 14.9. The molecule has 6 nitrogen and oxygen atoms in total. The molecule has 0 saturated carbocycles. The zero-order chi connectivity index (χ0) is 18.5. The summed E-state index contributed by atoms with van der Waals surface area (Å²) in [4.78, 5) is 14.9. The predicted molar refractivity (Wildman–Crippen MR) is 103 cm³/mol. The van der Waals surface area contributed by atoms with Gasteiger partial charge in [-0.25, -0.2) is 0 Å². The smallest absolute Gasteiger partial charge is 0.278 e. The largest absolute Gasteiger partial charge is 0.385 e. The average Bonchev–Trinajstić information content (AvgIpc) is 2.65. The van der Waals surface area contributed by atoms with Crippen LogP contribution in [0.25, 0.3) is 10.8 Å². The van der Waals surface area contributed by atoms with Crippen molar-refractivity contribution in [3.05, 3.63) is 75.6 Å². The topological polar surface area (TPSA) is 77.3 Å². The number of nitro groups is 1. The van der Waals surface area contributed by atoms with E-state index in [9.17, 15) is 10.1 Å². The van der Waals surface area contributed by atoms with Gasteiger partial charge in [-0.15, -0.1) is 0 Å². The summed E-state index contributed by atoms with van der Waals surface area (Å²) in [7, 11) is 1.66. The fourth-order valence-electron chi connectivity index (χ4n) is 2.90. The Bertz CT molecular complexity index is 916. The minimum absolute atomic E-state index is 0.0231. The second-order valence-electron chi connectivity index (χ2n) is 5.84. The number of aromatic nitrogens is 1. The maximum Gasteiger partial charge on any atom is 0.278 e. The van der Waals surface area contributed by atoms with Crippen molar-refractivity contribution < 1.29 is 9.66 Å². The molecule has 0 aliphatic rings. The summed E-state index contributed by atoms with van der Waals surface area (Å²) in [5, 5.41) is 16.7. The summed E-state index contributed by atoms with van der Waals surface area (Å²) in [6.45, 7) is 0.576. The molecule has 3 aromatic rings. The molecular weight excluding hydrogens is 354 g/mol. The molecule has 0 amide bonds. The van der Waals surface area contributed by atoms with Gasteiger partial charge in [0.1, 0.15) is 0 Å². The summed E-state index contributed by atoms with van der Waals surface area (Å²) in [6, 6.07) is 12.6. The minimum Gasteiger partial charge on any atom is -0.385 e. The van der Waals surface area contributed by atoms with Gasteiger partial charge in [-0.05, 0) is 36.2 Å². The van der Waals surface area contributed by atoms with Crippen LogP contribution in [0, 0.1) is 10.1 Å². The summed E-state index contributed by atoms with van der Waals surface area (Å²) in [5.74, 6) is 0. The highest BCUT2D eigenvalue weighted by Crippen LogP contribution is 2.33. The molecule has 0 fully saturated rings. The molecule has 7 heteroatoms. The Morgan fingerprint density at radius 2 is 1.96 bits per heavy atom. The van der Waals surface area contributed by atoms with Crippen molar-refractivity contribution in [2.75, 3.05) is 19.0 Å². The molecular formula is C19H18ClN3O3. The standard InChI is InChI=1S/C19H18ClN3O3/c1-26-11-9-17(13-2-4-14(20)5-3-13)22-18-6-7-19(23(24)25)16-12-21-10-8-15(16)18/h2-8,10,12,17,22H,9,11H2,1H3. The number of fused-ring (bicyclic) bond motifs is 1. The second-order valence-corrected chi connectivity index (χ2v) is 6.28. The van der Waals surface area contributed by atoms with E-state index in [0.29, 0.717) is 17.0 Å². The van der Waals surface area contributed by atoms with Crippen molar-refractivity contribution in [1.29, 1.82) is 0 Å². The molecule has 1 heterocycles. The van der Waals surface area contributed by atoms with Crippen LogP contribution < -0.4 is 5.32 Å². The number of benzene rings is 2. The molecule has 0 spiro atoms. The van der Waals surface area contributed by atoms with Gasteiger partial charge in [0.15, 0.2) is 0 Å². The molecule has 134 valence electrons. The molecule has 26 heavy (non-hydrogen) atoms. The fourth-order valence-corrected chi connectivity index (χ4v) is 3.03. The number of hydrogen-bond donors (Lipinski definition) is 1. The highest BCUT2D eigenvalue weighted by molar-refractivity contribution is 6.30. The number of methoxy groups -OCH3 is 1. The highest BCUT2D eigenvalue weighted by Gasteiger charge is 2.17. The first-order valence-electron chi connectivity index (χ1n) is 8.12. The third kappa shape index (κ3) is 3.92. The van der Waals surface area contributed by atoms with Gasteiger partial charge in [-0.1, -0.05) is 23.7 Å². The quantitative estimate of drug-likeness (QED) is 0.467. The van der Waals surface area contributed by atoms with Crippen LogP contribution >= 0.6 is 11.6 Å². The van der Waals surface area contributed by atoms with Gasteiger partial charge in [0, 0.05) is 48.3 Å². The van der Waals surface area contributed by atoms with E-state index >= 15 is 0 Å². The lowest BCUT2D eigenvalue weighted by molar-refractivity contribution is -0.383. The molecule has 1 aromatic heterocycles. The molecule has 0 saturated heterocycles. The Morgan fingerprint density at radius 1 is 1.19 bits per heavy atom. The van der Waals surface area contributed by atoms with E-state index in [0.717, 1.165) is 23.1 Å². The number of halogens is 1. The van der Waals surface area contributed by atoms with E-state index in [1.807, 2.05) is 24.3 Å². The van der Waals surface area contributed by atoms with Crippen LogP contribution in [-0.2, 0) is 4.74 Å². The van der Waals surface area contributed by atoms with Crippen LogP contribution in [-0.4, -0.2) is 23.6 Å². The SMILES string of the molecule is COCCC(Nc1ccc([N+](=O)[O-])c2cnccc12)c1ccc(Cl)cc1. The number of anilines is 1. The number of hydrogen-bond acceptors (Lipinski definition) is 5. The number of pyridine rings is 1. The number of ether oxygens (including phenoxy) is 1. The first-order valence-corrected chi connectivity index (χ1v) is 8.50. The lowest BCUT2D eigenvalue weighted by atomic mass is 10.0. The van der Waals surface area contributed by atoms with Gasteiger partial charge in [0.2, 0.25) is 0 Å². The lowest BCUT2D eigenvalue weighted by Gasteiger charge is -2.21. The molecule has 1 N–H and O–H groups in total. The van der Waals surface area contributed by atoms with Gasteiger partial charge in [-0.3, -0.25) is 15.1 Å². The molecule has 3 rings (SSSR count). The van der Waals surface area contributed by atoms with E-state index in [1.165, 1.54) is 12.3 Å². The number of nitro benzene ring substituents is 1. The van der Waals surface area contributed by atoms with Gasteiger partial charge >= 0.3 is 0 Å². The van der Waals surface area contributed by atoms with E-state index < -0.39 is 4.92 Å². The summed E-state index contributed by atoms with van der Waals surface area (Å²) < 4.78 is 5.23. The Balaban J connectivity index is 2.00.